The zero-order valence-electron chi connectivity index (χ0n) is 21.0. The highest BCUT2D eigenvalue weighted by Gasteiger charge is 2.37. The van der Waals surface area contributed by atoms with Crippen molar-refractivity contribution >= 4 is 5.97 Å². The van der Waals surface area contributed by atoms with Gasteiger partial charge in [0, 0.05) is 0 Å². The van der Waals surface area contributed by atoms with Gasteiger partial charge in [-0.1, -0.05) is 78.9 Å². The van der Waals surface area contributed by atoms with Gasteiger partial charge in [0.05, 0.1) is 26.4 Å². The molecule has 5 nitrogen and oxygen atoms in total. The Kier molecular flexibility index (Phi) is 8.74. The first-order valence-corrected chi connectivity index (χ1v) is 12.0. The SMILES string of the molecule is COc1ccc(C(OC/C=C/COC(=O)c2ccccc2)(c2ccccc2)c2ccc(OC)cc2)cc1. The van der Waals surface area contributed by atoms with Crippen molar-refractivity contribution in [1.82, 2.24) is 0 Å². The summed E-state index contributed by atoms with van der Waals surface area (Å²) in [7, 11) is 3.30. The molecule has 0 bridgehead atoms. The van der Waals surface area contributed by atoms with E-state index in [1.165, 1.54) is 0 Å². The van der Waals surface area contributed by atoms with E-state index >= 15 is 0 Å². The van der Waals surface area contributed by atoms with Gasteiger partial charge in [0.15, 0.2) is 0 Å². The highest BCUT2D eigenvalue weighted by atomic mass is 16.5. The maximum absolute atomic E-state index is 12.2. The number of carbonyl (C=O) groups is 1. The van der Waals surface area contributed by atoms with Crippen molar-refractivity contribution in [3.05, 3.63) is 144 Å². The van der Waals surface area contributed by atoms with Crippen molar-refractivity contribution in [3.63, 3.8) is 0 Å². The van der Waals surface area contributed by atoms with E-state index in [2.05, 4.69) is 12.1 Å². The molecular formula is C32H30O5. The van der Waals surface area contributed by atoms with Crippen molar-refractivity contribution in [2.24, 2.45) is 0 Å². The van der Waals surface area contributed by atoms with Gasteiger partial charge in [-0.2, -0.15) is 0 Å². The molecule has 0 aliphatic rings. The van der Waals surface area contributed by atoms with Crippen molar-refractivity contribution in [1.29, 1.82) is 0 Å². The highest BCUT2D eigenvalue weighted by Crippen LogP contribution is 2.41. The topological polar surface area (TPSA) is 54.0 Å². The van der Waals surface area contributed by atoms with Gasteiger partial charge in [0.2, 0.25) is 0 Å². The molecule has 4 aromatic carbocycles. The zero-order valence-corrected chi connectivity index (χ0v) is 21.0. The van der Waals surface area contributed by atoms with E-state index in [0.29, 0.717) is 5.56 Å². The van der Waals surface area contributed by atoms with Crippen LogP contribution >= 0.6 is 0 Å². The lowest BCUT2D eigenvalue weighted by Gasteiger charge is -2.35. The highest BCUT2D eigenvalue weighted by molar-refractivity contribution is 5.89. The lowest BCUT2D eigenvalue weighted by Crippen LogP contribution is -2.33. The molecule has 0 aliphatic heterocycles. The summed E-state index contributed by atoms with van der Waals surface area (Å²) in [5.74, 6) is 1.17. The minimum absolute atomic E-state index is 0.153. The number of benzene rings is 4. The van der Waals surface area contributed by atoms with Crippen LogP contribution in [0.2, 0.25) is 0 Å². The summed E-state index contributed by atoms with van der Waals surface area (Å²) in [6.07, 6.45) is 3.65. The predicted molar refractivity (Wildman–Crippen MR) is 144 cm³/mol. The van der Waals surface area contributed by atoms with Crippen LogP contribution in [-0.2, 0) is 15.1 Å². The fraction of sp³-hybridized carbons (Fsp3) is 0.156. The molecular weight excluding hydrogens is 464 g/mol. The fourth-order valence-corrected chi connectivity index (χ4v) is 4.16. The molecule has 0 N–H and O–H groups in total. The Morgan fingerprint density at radius 1 is 0.622 bits per heavy atom. The molecule has 0 amide bonds. The smallest absolute Gasteiger partial charge is 0.338 e. The molecule has 0 aliphatic carbocycles. The minimum atomic E-state index is -0.898. The maximum atomic E-state index is 12.2. The first-order chi connectivity index (χ1) is 18.2. The third-order valence-electron chi connectivity index (χ3n) is 6.06. The van der Waals surface area contributed by atoms with Crippen LogP contribution in [-0.4, -0.2) is 33.4 Å². The van der Waals surface area contributed by atoms with Gasteiger partial charge in [-0.15, -0.1) is 0 Å². The molecule has 0 saturated heterocycles. The largest absolute Gasteiger partial charge is 0.497 e. The van der Waals surface area contributed by atoms with Gasteiger partial charge in [0.25, 0.3) is 0 Å². The molecule has 0 fully saturated rings. The summed E-state index contributed by atoms with van der Waals surface area (Å²) in [5.41, 5.74) is 2.51. The van der Waals surface area contributed by atoms with Crippen molar-refractivity contribution in [3.8, 4) is 11.5 Å². The quantitative estimate of drug-likeness (QED) is 0.137. The van der Waals surface area contributed by atoms with Crippen LogP contribution in [0.25, 0.3) is 0 Å². The number of hydrogen-bond acceptors (Lipinski definition) is 5. The number of rotatable bonds is 11. The van der Waals surface area contributed by atoms with Crippen molar-refractivity contribution < 1.29 is 23.7 Å². The van der Waals surface area contributed by atoms with Crippen LogP contribution < -0.4 is 9.47 Å². The van der Waals surface area contributed by atoms with Crippen molar-refractivity contribution in [2.45, 2.75) is 5.60 Å². The average Bonchev–Trinajstić information content (AvgIpc) is 2.98. The molecule has 188 valence electrons. The summed E-state index contributed by atoms with van der Waals surface area (Å²) < 4.78 is 22.9. The summed E-state index contributed by atoms with van der Waals surface area (Å²) in [4.78, 5) is 12.2. The molecule has 5 heteroatoms. The van der Waals surface area contributed by atoms with E-state index in [1.807, 2.05) is 91.0 Å². The summed E-state index contributed by atoms with van der Waals surface area (Å²) in [5, 5.41) is 0. The van der Waals surface area contributed by atoms with Crippen LogP contribution in [0.3, 0.4) is 0 Å². The first kappa shape index (κ1) is 25.7. The Bertz CT molecular complexity index is 1230. The second-order valence-electron chi connectivity index (χ2n) is 8.25. The third-order valence-corrected chi connectivity index (χ3v) is 6.06. The Labute approximate surface area is 217 Å². The van der Waals surface area contributed by atoms with Gasteiger partial charge < -0.3 is 18.9 Å². The molecule has 0 unspecified atom stereocenters. The van der Waals surface area contributed by atoms with E-state index in [9.17, 15) is 4.79 Å². The van der Waals surface area contributed by atoms with Crippen LogP contribution in [0.15, 0.2) is 121 Å². The first-order valence-electron chi connectivity index (χ1n) is 12.0. The number of ether oxygens (including phenoxy) is 4. The molecule has 0 heterocycles. The summed E-state index contributed by atoms with van der Waals surface area (Å²) in [6.45, 7) is 0.441. The molecule has 0 atom stereocenters. The molecule has 4 aromatic rings. The van der Waals surface area contributed by atoms with Crippen LogP contribution in [0.4, 0.5) is 0 Å². The Morgan fingerprint density at radius 2 is 1.08 bits per heavy atom. The molecule has 0 saturated carbocycles. The van der Waals surface area contributed by atoms with E-state index in [1.54, 1.807) is 32.4 Å². The van der Waals surface area contributed by atoms with Crippen LogP contribution in [0.1, 0.15) is 27.0 Å². The molecule has 0 radical (unpaired) electrons. The number of methoxy groups -OCH3 is 2. The second-order valence-corrected chi connectivity index (χ2v) is 8.25. The number of carbonyl (C=O) groups excluding carboxylic acids is 1. The number of esters is 1. The monoisotopic (exact) mass is 494 g/mol. The Morgan fingerprint density at radius 3 is 1.59 bits per heavy atom. The van der Waals surface area contributed by atoms with E-state index < -0.39 is 5.60 Å². The second kappa shape index (κ2) is 12.6. The van der Waals surface area contributed by atoms with Gasteiger partial charge >= 0.3 is 5.97 Å². The van der Waals surface area contributed by atoms with Gasteiger partial charge in [0.1, 0.15) is 23.7 Å². The minimum Gasteiger partial charge on any atom is -0.497 e. The molecule has 4 rings (SSSR count). The molecule has 37 heavy (non-hydrogen) atoms. The lowest BCUT2D eigenvalue weighted by atomic mass is 9.80. The van der Waals surface area contributed by atoms with E-state index in [0.717, 1.165) is 28.2 Å². The summed E-state index contributed by atoms with van der Waals surface area (Å²) >= 11 is 0. The Hall–Kier alpha value is -4.35. The average molecular weight is 495 g/mol. The Balaban J connectivity index is 1.61. The summed E-state index contributed by atoms with van der Waals surface area (Å²) in [6, 6.07) is 34.8. The van der Waals surface area contributed by atoms with E-state index in [4.69, 9.17) is 18.9 Å². The zero-order chi connectivity index (χ0) is 25.9. The van der Waals surface area contributed by atoms with Gasteiger partial charge in [-0.25, -0.2) is 4.79 Å². The van der Waals surface area contributed by atoms with Crippen molar-refractivity contribution in [2.75, 3.05) is 27.4 Å². The molecule has 0 spiro atoms. The lowest BCUT2D eigenvalue weighted by molar-refractivity contribution is 0.0314. The van der Waals surface area contributed by atoms with Gasteiger partial charge in [-0.3, -0.25) is 0 Å². The fourth-order valence-electron chi connectivity index (χ4n) is 4.16. The maximum Gasteiger partial charge on any atom is 0.338 e. The normalized spacial score (nSPS) is 11.3. The van der Waals surface area contributed by atoms with Crippen LogP contribution in [0.5, 0.6) is 11.5 Å². The van der Waals surface area contributed by atoms with Crippen LogP contribution in [0, 0.1) is 0 Å². The van der Waals surface area contributed by atoms with Gasteiger partial charge in [-0.05, 0) is 59.2 Å². The third kappa shape index (κ3) is 6.08. The predicted octanol–water partition coefficient (Wildman–Crippen LogP) is 6.43. The standard InChI is InChI=1S/C32H30O5/c1-34-29-19-15-27(16-20-29)32(26-13-7-4-8-14-26,28-17-21-30(35-2)22-18-28)37-24-10-9-23-36-31(33)25-11-5-3-6-12-25/h3-22H,23-24H2,1-2H3/b10-9+. The molecule has 0 aromatic heterocycles. The van der Waals surface area contributed by atoms with E-state index in [-0.39, 0.29) is 19.2 Å². The number of hydrogen-bond donors (Lipinski definition) is 0.